The van der Waals surface area contributed by atoms with Gasteiger partial charge in [0.25, 0.3) is 10.0 Å². The molecular formula is C13H15ClN2O3S. The van der Waals surface area contributed by atoms with E-state index >= 15 is 0 Å². The minimum absolute atomic E-state index is 0.0509. The van der Waals surface area contributed by atoms with Crippen LogP contribution >= 0.6 is 11.6 Å². The van der Waals surface area contributed by atoms with E-state index in [-0.39, 0.29) is 10.6 Å². The lowest BCUT2D eigenvalue weighted by molar-refractivity contribution is 0.331. The highest BCUT2D eigenvalue weighted by atomic mass is 35.5. The van der Waals surface area contributed by atoms with Crippen molar-refractivity contribution in [3.8, 4) is 5.75 Å². The summed E-state index contributed by atoms with van der Waals surface area (Å²) in [6.45, 7) is 5.55. The van der Waals surface area contributed by atoms with E-state index < -0.39 is 10.0 Å². The number of nitrogens with zero attached hydrogens (tertiary/aromatic N) is 2. The van der Waals surface area contributed by atoms with Gasteiger partial charge in [-0.05, 0) is 39.0 Å². The zero-order valence-electron chi connectivity index (χ0n) is 11.4. The first-order chi connectivity index (χ1) is 9.36. The summed E-state index contributed by atoms with van der Waals surface area (Å²) in [6.07, 6.45) is 0. The SMILES string of the molecule is CCOc1cc(Cl)ccc1S(=O)(=O)n1nc(C)cc1C. The van der Waals surface area contributed by atoms with Gasteiger partial charge in [-0.25, -0.2) is 0 Å². The predicted molar refractivity (Wildman–Crippen MR) is 76.9 cm³/mol. The van der Waals surface area contributed by atoms with Crippen molar-refractivity contribution >= 4 is 21.6 Å². The van der Waals surface area contributed by atoms with Gasteiger partial charge in [-0.2, -0.15) is 17.6 Å². The minimum Gasteiger partial charge on any atom is -0.492 e. The average molecular weight is 315 g/mol. The van der Waals surface area contributed by atoms with Gasteiger partial charge in [-0.3, -0.25) is 0 Å². The van der Waals surface area contributed by atoms with E-state index in [1.54, 1.807) is 26.8 Å². The number of ether oxygens (including phenoxy) is 1. The highest BCUT2D eigenvalue weighted by Crippen LogP contribution is 2.29. The molecule has 1 heterocycles. The third-order valence-corrected chi connectivity index (χ3v) is 4.63. The second-order valence-electron chi connectivity index (χ2n) is 4.30. The van der Waals surface area contributed by atoms with E-state index in [0.29, 0.717) is 23.0 Å². The van der Waals surface area contributed by atoms with Crippen LogP contribution in [0, 0.1) is 13.8 Å². The molecule has 0 aliphatic rings. The molecular weight excluding hydrogens is 300 g/mol. The Labute approximate surface area is 123 Å². The Morgan fingerprint density at radius 3 is 2.55 bits per heavy atom. The molecule has 1 aromatic heterocycles. The monoisotopic (exact) mass is 314 g/mol. The molecule has 0 radical (unpaired) electrons. The molecule has 0 aliphatic heterocycles. The average Bonchev–Trinajstić information content (AvgIpc) is 2.69. The molecule has 0 amide bonds. The zero-order chi connectivity index (χ0) is 14.9. The van der Waals surface area contributed by atoms with Crippen LogP contribution in [-0.4, -0.2) is 24.2 Å². The molecule has 0 aliphatic carbocycles. The number of aromatic nitrogens is 2. The van der Waals surface area contributed by atoms with E-state index in [0.717, 1.165) is 4.09 Å². The van der Waals surface area contributed by atoms with Crippen molar-refractivity contribution < 1.29 is 13.2 Å². The lowest BCUT2D eigenvalue weighted by Crippen LogP contribution is -2.17. The van der Waals surface area contributed by atoms with Crippen molar-refractivity contribution in [3.05, 3.63) is 40.7 Å². The van der Waals surface area contributed by atoms with Crippen molar-refractivity contribution in [2.24, 2.45) is 0 Å². The number of hydrogen-bond donors (Lipinski definition) is 0. The molecule has 108 valence electrons. The van der Waals surface area contributed by atoms with Gasteiger partial charge in [-0.1, -0.05) is 11.6 Å². The van der Waals surface area contributed by atoms with Crippen LogP contribution in [0.4, 0.5) is 0 Å². The summed E-state index contributed by atoms with van der Waals surface area (Å²) >= 11 is 5.89. The van der Waals surface area contributed by atoms with Gasteiger partial charge in [0.2, 0.25) is 0 Å². The topological polar surface area (TPSA) is 61.2 Å². The summed E-state index contributed by atoms with van der Waals surface area (Å²) in [5, 5.41) is 4.44. The first-order valence-electron chi connectivity index (χ1n) is 6.07. The summed E-state index contributed by atoms with van der Waals surface area (Å²) in [6, 6.07) is 6.14. The minimum atomic E-state index is -3.80. The summed E-state index contributed by atoms with van der Waals surface area (Å²) in [7, 11) is -3.80. The van der Waals surface area contributed by atoms with Crippen LogP contribution < -0.4 is 4.74 Å². The summed E-state index contributed by atoms with van der Waals surface area (Å²) in [5.74, 6) is 0.229. The highest BCUT2D eigenvalue weighted by Gasteiger charge is 2.24. The molecule has 0 N–H and O–H groups in total. The Hall–Kier alpha value is -1.53. The number of aryl methyl sites for hydroxylation is 2. The molecule has 0 atom stereocenters. The smallest absolute Gasteiger partial charge is 0.286 e. The maximum Gasteiger partial charge on any atom is 0.286 e. The van der Waals surface area contributed by atoms with Gasteiger partial charge < -0.3 is 4.74 Å². The number of rotatable bonds is 4. The van der Waals surface area contributed by atoms with Gasteiger partial charge >= 0.3 is 0 Å². The van der Waals surface area contributed by atoms with Crippen molar-refractivity contribution in [1.82, 2.24) is 9.19 Å². The number of benzene rings is 1. The van der Waals surface area contributed by atoms with Crippen LogP contribution in [0.3, 0.4) is 0 Å². The quantitative estimate of drug-likeness (QED) is 0.870. The molecule has 20 heavy (non-hydrogen) atoms. The molecule has 0 unspecified atom stereocenters. The second-order valence-corrected chi connectivity index (χ2v) is 6.47. The van der Waals surface area contributed by atoms with E-state index in [1.165, 1.54) is 18.2 Å². The molecule has 0 fully saturated rings. The van der Waals surface area contributed by atoms with Crippen LogP contribution in [0.2, 0.25) is 5.02 Å². The van der Waals surface area contributed by atoms with Crippen molar-refractivity contribution in [2.75, 3.05) is 6.61 Å². The molecule has 2 rings (SSSR count). The fourth-order valence-corrected chi connectivity index (χ4v) is 3.54. The third kappa shape index (κ3) is 2.66. The first kappa shape index (κ1) is 14.9. The normalized spacial score (nSPS) is 11.6. The van der Waals surface area contributed by atoms with Crippen LogP contribution in [0.1, 0.15) is 18.3 Å². The predicted octanol–water partition coefficient (Wildman–Crippen LogP) is 2.79. The second kappa shape index (κ2) is 5.46. The molecule has 0 saturated carbocycles. The van der Waals surface area contributed by atoms with Crippen molar-refractivity contribution in [3.63, 3.8) is 0 Å². The lowest BCUT2D eigenvalue weighted by Gasteiger charge is -2.12. The van der Waals surface area contributed by atoms with E-state index in [1.807, 2.05) is 0 Å². The summed E-state index contributed by atoms with van der Waals surface area (Å²) in [5.41, 5.74) is 1.18. The van der Waals surface area contributed by atoms with Crippen LogP contribution in [0.5, 0.6) is 5.75 Å². The van der Waals surface area contributed by atoms with Crippen molar-refractivity contribution in [1.29, 1.82) is 0 Å². The van der Waals surface area contributed by atoms with E-state index in [2.05, 4.69) is 5.10 Å². The van der Waals surface area contributed by atoms with Crippen LogP contribution in [0.25, 0.3) is 0 Å². The molecule has 0 bridgehead atoms. The van der Waals surface area contributed by atoms with E-state index in [9.17, 15) is 8.42 Å². The van der Waals surface area contributed by atoms with Gasteiger partial charge in [0.05, 0.1) is 18.0 Å². The fraction of sp³-hybridized carbons (Fsp3) is 0.308. The fourth-order valence-electron chi connectivity index (χ4n) is 1.91. The van der Waals surface area contributed by atoms with Gasteiger partial charge in [0.15, 0.2) is 0 Å². The molecule has 0 saturated heterocycles. The lowest BCUT2D eigenvalue weighted by atomic mass is 10.3. The Kier molecular flexibility index (Phi) is 4.06. The molecule has 1 aromatic carbocycles. The zero-order valence-corrected chi connectivity index (χ0v) is 13.0. The van der Waals surface area contributed by atoms with Gasteiger partial charge in [0, 0.05) is 11.1 Å². The largest absolute Gasteiger partial charge is 0.492 e. The first-order valence-corrected chi connectivity index (χ1v) is 7.89. The standard InChI is InChI=1S/C13H15ClN2O3S/c1-4-19-12-8-11(14)5-6-13(12)20(17,18)16-10(3)7-9(2)15-16/h5-8H,4H2,1-3H3. The highest BCUT2D eigenvalue weighted by molar-refractivity contribution is 7.90. The third-order valence-electron chi connectivity index (χ3n) is 2.68. The maximum atomic E-state index is 12.7. The number of halogens is 1. The Morgan fingerprint density at radius 2 is 2.00 bits per heavy atom. The Morgan fingerprint density at radius 1 is 1.30 bits per heavy atom. The van der Waals surface area contributed by atoms with Crippen LogP contribution in [-0.2, 0) is 10.0 Å². The van der Waals surface area contributed by atoms with E-state index in [4.69, 9.17) is 16.3 Å². The molecule has 5 nitrogen and oxygen atoms in total. The maximum absolute atomic E-state index is 12.7. The number of hydrogen-bond acceptors (Lipinski definition) is 4. The van der Waals surface area contributed by atoms with Gasteiger partial charge in [-0.15, -0.1) is 0 Å². The van der Waals surface area contributed by atoms with Crippen LogP contribution in [0.15, 0.2) is 29.2 Å². The molecule has 7 heteroatoms. The molecule has 2 aromatic rings. The Bertz CT molecular complexity index is 738. The summed E-state index contributed by atoms with van der Waals surface area (Å²) in [4.78, 5) is 0.0509. The van der Waals surface area contributed by atoms with Gasteiger partial charge in [0.1, 0.15) is 10.6 Å². The Balaban J connectivity index is 2.63. The summed E-state index contributed by atoms with van der Waals surface area (Å²) < 4.78 is 31.7. The molecule has 0 spiro atoms. The van der Waals surface area contributed by atoms with Crippen molar-refractivity contribution in [2.45, 2.75) is 25.7 Å².